The van der Waals surface area contributed by atoms with Crippen LogP contribution in [0.15, 0.2) is 48.5 Å². The number of primary amides is 3. The highest BCUT2D eigenvalue weighted by Gasteiger charge is 2.41. The number of Topliss-reactive ketones (excluding diaryl/α,β-unsaturated/α-hetero) is 5. The number of nitrogens with zero attached hydrogens (tertiary/aromatic N) is 1. The number of aliphatic hydroxyl groups is 1. The van der Waals surface area contributed by atoms with Crippen LogP contribution < -0.4 is 60.2 Å². The Morgan fingerprint density at radius 2 is 1.06 bits per heavy atom. The number of phenols is 2. The van der Waals surface area contributed by atoms with Crippen LogP contribution in [-0.4, -0.2) is 181 Å². The number of carbonyl (C=O) groups excluding carboxylic acids is 14. The van der Waals surface area contributed by atoms with Crippen LogP contribution in [0.25, 0.3) is 0 Å². The van der Waals surface area contributed by atoms with Crippen LogP contribution in [0, 0.1) is 35.5 Å². The minimum Gasteiger partial charge on any atom is -0.508 e. The fraction of sp³-hybridized carbons (Fsp3) is 0.562. The second kappa shape index (κ2) is 40.2. The van der Waals surface area contributed by atoms with Crippen LogP contribution in [0.5, 0.6) is 11.5 Å². The number of phenolic OH excluding ortho intramolecular Hbond substituents is 2. The lowest BCUT2D eigenvalue weighted by atomic mass is 9.86. The zero-order valence-corrected chi connectivity index (χ0v) is 55.3. The summed E-state index contributed by atoms with van der Waals surface area (Å²) < 4.78 is 0. The van der Waals surface area contributed by atoms with Crippen LogP contribution in [0.2, 0.25) is 0 Å². The number of amides is 9. The maximum absolute atomic E-state index is 14.3. The second-order valence-electron chi connectivity index (χ2n) is 24.7. The van der Waals surface area contributed by atoms with E-state index < -0.39 is 200 Å². The first-order valence-corrected chi connectivity index (χ1v) is 32.2. The molecule has 20 N–H and O–H groups in total. The molecule has 96 heavy (non-hydrogen) atoms. The molecule has 3 rings (SSSR count). The average Bonchev–Trinajstić information content (AvgIpc) is 1.62. The van der Waals surface area contributed by atoms with Gasteiger partial charge in [-0.3, -0.25) is 88.4 Å². The lowest BCUT2D eigenvalue weighted by molar-refractivity contribution is -0.459. The molecule has 528 valence electrons. The number of hydrogen-bond donors (Lipinski definition) is 16. The van der Waals surface area contributed by atoms with Crippen molar-refractivity contribution in [2.24, 2.45) is 64.2 Å². The third kappa shape index (κ3) is 28.3. The molecule has 2 aromatic carbocycles. The zero-order chi connectivity index (χ0) is 72.1. The zero-order valence-electron chi connectivity index (χ0n) is 54.4. The van der Waals surface area contributed by atoms with Crippen LogP contribution in [0.3, 0.4) is 0 Å². The van der Waals surface area contributed by atoms with Gasteiger partial charge in [-0.25, -0.2) is 0 Å². The normalized spacial score (nSPS) is 15.9. The quantitative estimate of drug-likeness (QED) is 0.0132. The Morgan fingerprint density at radius 1 is 0.562 bits per heavy atom. The topological polar surface area (TPSA) is 544 Å². The molecule has 0 radical (unpaired) electrons. The summed E-state index contributed by atoms with van der Waals surface area (Å²) in [5, 5.41) is 51.3. The summed E-state index contributed by atoms with van der Waals surface area (Å²) in [6.45, 7) is 6.25. The molecular formula is C64H93N12O19S+. The van der Waals surface area contributed by atoms with Crippen LogP contribution in [0.1, 0.15) is 129 Å². The number of ketones is 5. The van der Waals surface area contributed by atoms with Crippen molar-refractivity contribution in [2.75, 3.05) is 25.4 Å². The van der Waals surface area contributed by atoms with E-state index in [0.29, 0.717) is 17.5 Å². The second-order valence-corrected chi connectivity index (χ2v) is 25.1. The van der Waals surface area contributed by atoms with Crippen molar-refractivity contribution in [1.82, 2.24) is 31.5 Å². The average molecular weight is 1370 g/mol. The van der Waals surface area contributed by atoms with E-state index in [9.17, 15) is 92.3 Å². The molecule has 32 heteroatoms. The largest absolute Gasteiger partial charge is 0.508 e. The number of nitrogens with one attached hydrogen (secondary N) is 6. The highest BCUT2D eigenvalue weighted by molar-refractivity contribution is 7.80. The van der Waals surface area contributed by atoms with Gasteiger partial charge in [-0.05, 0) is 86.3 Å². The van der Waals surface area contributed by atoms with Gasteiger partial charge in [0.1, 0.15) is 29.4 Å². The maximum Gasteiger partial charge on any atom is 0.338 e. The molecule has 2 aromatic rings. The summed E-state index contributed by atoms with van der Waals surface area (Å²) >= 11 is 4.23. The molecule has 0 spiro atoms. The molecule has 0 bridgehead atoms. The predicted octanol–water partition coefficient (Wildman–Crippen LogP) is -3.58. The maximum atomic E-state index is 14.3. The molecule has 1 heterocycles. The van der Waals surface area contributed by atoms with Gasteiger partial charge >= 0.3 is 11.9 Å². The van der Waals surface area contributed by atoms with Gasteiger partial charge in [0.2, 0.25) is 53.2 Å². The van der Waals surface area contributed by atoms with E-state index in [4.69, 9.17) is 28.7 Å². The first kappa shape index (κ1) is 80.9. The first-order chi connectivity index (χ1) is 45.1. The van der Waals surface area contributed by atoms with Gasteiger partial charge in [0.05, 0.1) is 56.1 Å². The van der Waals surface area contributed by atoms with Gasteiger partial charge in [-0.1, -0.05) is 52.0 Å². The number of rotatable bonds is 45. The van der Waals surface area contributed by atoms with Crippen molar-refractivity contribution in [1.29, 1.82) is 0 Å². The number of aliphatic carboxylic acids is 1. The third-order valence-electron chi connectivity index (χ3n) is 16.1. The smallest absolute Gasteiger partial charge is 0.338 e. The van der Waals surface area contributed by atoms with Gasteiger partial charge < -0.3 is 69.1 Å². The Labute approximate surface area is 560 Å². The number of aliphatic hydroxyl groups excluding tert-OH is 1. The SMILES string of the molecule is CC(C)C[C@H](C)C(=O)C[C@@H](Cc1ccc(O)cc1)C(=O)N[C@@H](CCC[NH+]=C(N)N)C(=O)C[C@@H](C)C(=O)N[C@@H](CC(N)=O)C(=O)CCC(=O)N[C@@H](CC(=O)O)C(=O)C[C@@H](CC(N)=O)C(=O)N1CCC[C@H]1C(=O)N[C@@H](CS)C(=O)C[C@@H](Cc1ccc(O)cc1)C(=O)N[C@@H](CO)C(N)=O. The van der Waals surface area contributed by atoms with Gasteiger partial charge in [-0.2, -0.15) is 12.6 Å². The van der Waals surface area contributed by atoms with Gasteiger partial charge in [-0.15, -0.1) is 0 Å². The van der Waals surface area contributed by atoms with E-state index in [-0.39, 0.29) is 98.9 Å². The standard InChI is InChI=1S/C64H92N12O19S/c1-33(2)21-34(3)50(81)25-38(23-36-9-13-41(78)14-10-36)60(92)72-43(7-5-19-70-64(68)69)51(82)22-35(4)59(91)73-44(29-55(66)86)49(80)17-18-56(87)71-45(30-57(88)89)52(83)27-40(28-54(65)85)63(95)76-20-6-8-48(76)62(94)75-47(32-96)53(84)26-39(24-37-11-15-42(79)16-12-37)61(93)74-46(31-77)58(67)90/h9-16,33-35,38-40,43-48,77-79,96H,5-8,17-32H2,1-4H3,(H2,65,85)(H2,66,86)(H2,67,90)(H,71,87)(H,72,92)(H,73,91)(H,74,93)(H,75,94)(H,88,89)(H4,68,69,70)/p+1/t34-,35+,38+,39+,40-,43-,44-,45-,46-,47-,48-/m0/s1. The molecule has 0 unspecified atom stereocenters. The molecule has 31 nitrogen and oxygen atoms in total. The molecule has 9 amide bonds. The number of thiol groups is 1. The number of guanidine groups is 1. The lowest BCUT2D eigenvalue weighted by Gasteiger charge is -2.29. The number of carboxylic acid groups (broad SMARTS) is 1. The number of carboxylic acids is 1. The third-order valence-corrected chi connectivity index (χ3v) is 16.5. The van der Waals surface area contributed by atoms with Crippen molar-refractivity contribution >= 4 is 107 Å². The van der Waals surface area contributed by atoms with E-state index in [1.165, 1.54) is 43.3 Å². The minimum absolute atomic E-state index is 0.0135. The van der Waals surface area contributed by atoms with Gasteiger partial charge in [0.25, 0.3) is 0 Å². The Balaban J connectivity index is 1.75. The van der Waals surface area contributed by atoms with Crippen molar-refractivity contribution in [2.45, 2.75) is 167 Å². The number of aromatic hydroxyl groups is 2. The number of nitrogens with two attached hydrogens (primary N) is 5. The molecule has 0 aromatic heterocycles. The van der Waals surface area contributed by atoms with Gasteiger partial charge in [0.15, 0.2) is 23.1 Å². The lowest BCUT2D eigenvalue weighted by Crippen LogP contribution is -2.78. The molecule has 1 aliphatic heterocycles. The van der Waals surface area contributed by atoms with E-state index in [0.717, 1.165) is 4.90 Å². The summed E-state index contributed by atoms with van der Waals surface area (Å²) in [7, 11) is 0. The Bertz CT molecular complexity index is 3140. The van der Waals surface area contributed by atoms with Crippen molar-refractivity contribution < 1.29 is 97.3 Å². The van der Waals surface area contributed by atoms with Crippen molar-refractivity contribution in [3.05, 3.63) is 59.7 Å². The van der Waals surface area contributed by atoms with Crippen LogP contribution in [-0.2, 0) is 84.8 Å². The Kier molecular flexibility index (Phi) is 33.8. The predicted molar refractivity (Wildman–Crippen MR) is 347 cm³/mol. The van der Waals surface area contributed by atoms with Crippen LogP contribution in [0.4, 0.5) is 0 Å². The summed E-state index contributed by atoms with van der Waals surface area (Å²) in [5.74, 6) is -19.4. The van der Waals surface area contributed by atoms with E-state index >= 15 is 0 Å². The molecule has 1 saturated heterocycles. The monoisotopic (exact) mass is 1370 g/mol. The summed E-state index contributed by atoms with van der Waals surface area (Å²) in [6.07, 6.45) is -5.29. The molecule has 1 fully saturated rings. The van der Waals surface area contributed by atoms with Crippen molar-refractivity contribution in [3.8, 4) is 11.5 Å². The van der Waals surface area contributed by atoms with Gasteiger partial charge in [0, 0.05) is 80.9 Å². The highest BCUT2D eigenvalue weighted by Crippen LogP contribution is 2.26. The molecule has 11 atom stereocenters. The molecule has 0 aliphatic carbocycles. The summed E-state index contributed by atoms with van der Waals surface area (Å²) in [5.41, 5.74) is 28.4. The number of benzene rings is 2. The fourth-order valence-electron chi connectivity index (χ4n) is 11.0. The minimum atomic E-state index is -1.88. The molecule has 1 aliphatic rings. The fourth-order valence-corrected chi connectivity index (χ4v) is 11.3. The van der Waals surface area contributed by atoms with E-state index in [1.807, 2.05) is 13.8 Å². The molecular weight excluding hydrogens is 1270 g/mol. The van der Waals surface area contributed by atoms with E-state index in [1.54, 1.807) is 19.1 Å². The Hall–Kier alpha value is -9.33. The summed E-state index contributed by atoms with van der Waals surface area (Å²) in [6, 6.07) is 2.75. The number of hydrogen-bond acceptors (Lipinski definition) is 19. The molecule has 0 saturated carbocycles. The first-order valence-electron chi connectivity index (χ1n) is 31.5. The Morgan fingerprint density at radius 3 is 1.56 bits per heavy atom. The van der Waals surface area contributed by atoms with Crippen molar-refractivity contribution in [3.63, 3.8) is 0 Å². The van der Waals surface area contributed by atoms with Crippen LogP contribution >= 0.6 is 12.6 Å². The number of carbonyl (C=O) groups is 15. The summed E-state index contributed by atoms with van der Waals surface area (Å²) in [4.78, 5) is 204. The number of likely N-dealkylation sites (tertiary alicyclic amines) is 1. The van der Waals surface area contributed by atoms with E-state index in [2.05, 4.69) is 44.2 Å². The highest BCUT2D eigenvalue weighted by atomic mass is 32.1.